The summed E-state index contributed by atoms with van der Waals surface area (Å²) in [4.78, 5) is 0. The van der Waals surface area contributed by atoms with Crippen LogP contribution in [0.25, 0.3) is 0 Å². The van der Waals surface area contributed by atoms with Crippen LogP contribution in [-0.4, -0.2) is 34.6 Å². The van der Waals surface area contributed by atoms with Crippen LogP contribution in [0.1, 0.15) is 53.4 Å². The van der Waals surface area contributed by atoms with E-state index >= 15 is 0 Å². The van der Waals surface area contributed by atoms with Crippen molar-refractivity contribution < 1.29 is 14.6 Å². The van der Waals surface area contributed by atoms with E-state index in [9.17, 15) is 5.11 Å². The highest BCUT2D eigenvalue weighted by Gasteiger charge is 2.61. The zero-order chi connectivity index (χ0) is 13.1. The third-order valence-corrected chi connectivity index (χ3v) is 5.46. The van der Waals surface area contributed by atoms with E-state index in [2.05, 4.69) is 27.7 Å². The first-order chi connectivity index (χ1) is 8.36. The van der Waals surface area contributed by atoms with Crippen molar-refractivity contribution in [3.8, 4) is 0 Å². The predicted octanol–water partition coefficient (Wildman–Crippen LogP) is 2.51. The topological polar surface area (TPSA) is 45.3 Å². The number of aliphatic hydroxyl groups excluding tert-OH is 1. The van der Waals surface area contributed by atoms with E-state index in [1.54, 1.807) is 0 Å². The number of rotatable bonds is 1. The van der Waals surface area contributed by atoms with Crippen LogP contribution in [0.15, 0.2) is 0 Å². The van der Waals surface area contributed by atoms with Gasteiger partial charge in [0.25, 0.3) is 0 Å². The lowest BCUT2D eigenvalue weighted by Gasteiger charge is -2.27. The van der Waals surface area contributed by atoms with Crippen molar-refractivity contribution in [1.82, 2.24) is 0 Å². The highest BCUT2D eigenvalue weighted by molar-refractivity contribution is 5.09. The second-order valence-electron chi connectivity index (χ2n) is 7.25. The van der Waals surface area contributed by atoms with Gasteiger partial charge in [-0.1, -0.05) is 13.8 Å². The van der Waals surface area contributed by atoms with Gasteiger partial charge in [0.1, 0.15) is 6.10 Å². The summed E-state index contributed by atoms with van der Waals surface area (Å²) < 4.78 is 11.7. The van der Waals surface area contributed by atoms with Crippen LogP contribution in [0.4, 0.5) is 0 Å². The number of fused-ring (bicyclic) bond motifs is 2. The van der Waals surface area contributed by atoms with Crippen LogP contribution in [-0.2, 0) is 9.47 Å². The molecule has 0 amide bonds. The van der Waals surface area contributed by atoms with Gasteiger partial charge in [-0.05, 0) is 51.4 Å². The van der Waals surface area contributed by atoms with E-state index in [-0.39, 0.29) is 23.4 Å². The molecule has 1 aliphatic carbocycles. The van der Waals surface area contributed by atoms with E-state index in [4.69, 9.17) is 9.47 Å². The maximum absolute atomic E-state index is 10.6. The molecule has 0 aromatic carbocycles. The molecule has 18 heavy (non-hydrogen) atoms. The first-order valence-corrected chi connectivity index (χ1v) is 7.39. The number of hydrogen-bond donors (Lipinski definition) is 1. The SMILES string of the molecule is CC(C)[C@H]1CC[C@]2(C)O[C@H]2CC[C@@]2(C)O[C@@H]2[C@@H]1O. The summed E-state index contributed by atoms with van der Waals surface area (Å²) in [6.07, 6.45) is 4.36. The monoisotopic (exact) mass is 254 g/mol. The lowest BCUT2D eigenvalue weighted by atomic mass is 9.78. The maximum atomic E-state index is 10.6. The molecule has 104 valence electrons. The van der Waals surface area contributed by atoms with E-state index < -0.39 is 0 Å². The molecule has 0 aromatic rings. The van der Waals surface area contributed by atoms with E-state index in [1.807, 2.05) is 0 Å². The van der Waals surface area contributed by atoms with Gasteiger partial charge >= 0.3 is 0 Å². The lowest BCUT2D eigenvalue weighted by Crippen LogP contribution is -2.35. The number of aliphatic hydroxyl groups is 1. The van der Waals surface area contributed by atoms with Gasteiger partial charge in [-0.15, -0.1) is 0 Å². The fourth-order valence-corrected chi connectivity index (χ4v) is 3.76. The Hall–Kier alpha value is -0.120. The molecule has 3 heteroatoms. The third-order valence-electron chi connectivity index (χ3n) is 5.46. The van der Waals surface area contributed by atoms with Gasteiger partial charge in [-0.25, -0.2) is 0 Å². The normalized spacial score (nSPS) is 55.7. The lowest BCUT2D eigenvalue weighted by molar-refractivity contribution is 0.0461. The smallest absolute Gasteiger partial charge is 0.113 e. The fourth-order valence-electron chi connectivity index (χ4n) is 3.76. The molecule has 0 bridgehead atoms. The zero-order valence-electron chi connectivity index (χ0n) is 12.0. The first-order valence-electron chi connectivity index (χ1n) is 7.39. The summed E-state index contributed by atoms with van der Waals surface area (Å²) in [6, 6.07) is 0. The largest absolute Gasteiger partial charge is 0.390 e. The maximum Gasteiger partial charge on any atom is 0.113 e. The standard InChI is InChI=1S/C15H26O3/c1-9(2)10-5-7-14(3)11(17-14)6-8-15(4)13(18-15)12(10)16/h9-13,16H,5-8H2,1-4H3/t10-,11+,12-,13-,14+,15-/m1/s1. The summed E-state index contributed by atoms with van der Waals surface area (Å²) >= 11 is 0. The van der Waals surface area contributed by atoms with Gasteiger partial charge in [-0.2, -0.15) is 0 Å². The average Bonchev–Trinajstić information content (AvgIpc) is 3.12. The second-order valence-corrected chi connectivity index (χ2v) is 7.25. The summed E-state index contributed by atoms with van der Waals surface area (Å²) in [6.45, 7) is 8.76. The predicted molar refractivity (Wildman–Crippen MR) is 69.4 cm³/mol. The van der Waals surface area contributed by atoms with E-state index in [0.717, 1.165) is 25.7 Å². The molecule has 1 saturated carbocycles. The third kappa shape index (κ3) is 2.00. The molecule has 3 fully saturated rings. The molecule has 3 aliphatic rings. The average molecular weight is 254 g/mol. The Morgan fingerprint density at radius 2 is 1.72 bits per heavy atom. The van der Waals surface area contributed by atoms with Crippen LogP contribution in [0, 0.1) is 11.8 Å². The molecule has 2 aliphatic heterocycles. The van der Waals surface area contributed by atoms with Crippen molar-refractivity contribution in [1.29, 1.82) is 0 Å². The minimum atomic E-state index is -0.311. The van der Waals surface area contributed by atoms with E-state index in [0.29, 0.717) is 17.9 Å². The Balaban J connectivity index is 1.77. The number of hydrogen-bond acceptors (Lipinski definition) is 3. The van der Waals surface area contributed by atoms with Crippen molar-refractivity contribution in [2.24, 2.45) is 11.8 Å². The second kappa shape index (κ2) is 3.94. The van der Waals surface area contributed by atoms with Gasteiger partial charge in [0, 0.05) is 0 Å². The molecule has 3 nitrogen and oxygen atoms in total. The van der Waals surface area contributed by atoms with Gasteiger partial charge in [0.2, 0.25) is 0 Å². The molecular weight excluding hydrogens is 228 g/mol. The minimum Gasteiger partial charge on any atom is -0.390 e. The molecule has 2 saturated heterocycles. The summed E-state index contributed by atoms with van der Waals surface area (Å²) in [5, 5.41) is 10.6. The minimum absolute atomic E-state index is 0.0491. The summed E-state index contributed by atoms with van der Waals surface area (Å²) in [5.74, 6) is 0.824. The number of ether oxygens (including phenoxy) is 2. The van der Waals surface area contributed by atoms with Crippen molar-refractivity contribution in [3.63, 3.8) is 0 Å². The Kier molecular flexibility index (Phi) is 2.82. The van der Waals surface area contributed by atoms with Crippen LogP contribution < -0.4 is 0 Å². The van der Waals surface area contributed by atoms with Crippen LogP contribution in [0.2, 0.25) is 0 Å². The number of epoxide rings is 2. The Morgan fingerprint density at radius 3 is 2.39 bits per heavy atom. The molecule has 0 spiro atoms. The Bertz CT molecular complexity index is 343. The summed E-state index contributed by atoms with van der Waals surface area (Å²) in [7, 11) is 0. The molecule has 0 unspecified atom stereocenters. The van der Waals surface area contributed by atoms with Gasteiger partial charge in [-0.3, -0.25) is 0 Å². The molecule has 6 atom stereocenters. The van der Waals surface area contributed by atoms with Crippen molar-refractivity contribution in [3.05, 3.63) is 0 Å². The van der Waals surface area contributed by atoms with Crippen molar-refractivity contribution in [2.45, 2.75) is 82.9 Å². The molecule has 3 rings (SSSR count). The van der Waals surface area contributed by atoms with Gasteiger partial charge < -0.3 is 14.6 Å². The van der Waals surface area contributed by atoms with Gasteiger partial charge in [0.15, 0.2) is 0 Å². The molecule has 0 radical (unpaired) electrons. The Morgan fingerprint density at radius 1 is 1.06 bits per heavy atom. The molecule has 2 heterocycles. The molecule has 0 aromatic heterocycles. The van der Waals surface area contributed by atoms with Crippen LogP contribution in [0.3, 0.4) is 0 Å². The highest BCUT2D eigenvalue weighted by atomic mass is 16.6. The Labute approximate surface area is 110 Å². The summed E-state index contributed by atoms with van der Waals surface area (Å²) in [5.41, 5.74) is -0.0261. The van der Waals surface area contributed by atoms with Crippen molar-refractivity contribution >= 4 is 0 Å². The molecular formula is C15H26O3. The fraction of sp³-hybridized carbons (Fsp3) is 1.00. The van der Waals surface area contributed by atoms with Gasteiger partial charge in [0.05, 0.1) is 23.4 Å². The molecule has 1 N–H and O–H groups in total. The van der Waals surface area contributed by atoms with Crippen LogP contribution in [0.5, 0.6) is 0 Å². The van der Waals surface area contributed by atoms with Crippen LogP contribution >= 0.6 is 0 Å². The zero-order valence-corrected chi connectivity index (χ0v) is 12.0. The van der Waals surface area contributed by atoms with E-state index in [1.165, 1.54) is 0 Å². The highest BCUT2D eigenvalue weighted by Crippen LogP contribution is 2.52. The first kappa shape index (κ1) is 12.9. The quantitative estimate of drug-likeness (QED) is 0.731. The van der Waals surface area contributed by atoms with Crippen molar-refractivity contribution in [2.75, 3.05) is 0 Å².